The third-order valence-corrected chi connectivity index (χ3v) is 3.80. The lowest BCUT2D eigenvalue weighted by atomic mass is 10.0. The van der Waals surface area contributed by atoms with E-state index in [0.29, 0.717) is 6.54 Å². The number of hydrogen-bond acceptors (Lipinski definition) is 5. The average Bonchev–Trinajstić information content (AvgIpc) is 3.08. The smallest absolute Gasteiger partial charge is 0.244 e. The van der Waals surface area contributed by atoms with Crippen LogP contribution in [0.3, 0.4) is 0 Å². The third kappa shape index (κ3) is 4.07. The van der Waals surface area contributed by atoms with Gasteiger partial charge in [-0.15, -0.1) is 0 Å². The van der Waals surface area contributed by atoms with Crippen molar-refractivity contribution in [1.29, 1.82) is 0 Å². The molecule has 0 spiro atoms. The largest absolute Gasteiger partial charge is 0.496 e. The van der Waals surface area contributed by atoms with Gasteiger partial charge in [0.25, 0.3) is 0 Å². The standard InChI is InChI=1S/C16H23N5O2/c1-12(21-11-17-10-19-21)16(22)18-9-14(20(2)3)13-7-5-6-8-15(13)23-4/h5-8,10-12,14H,9H2,1-4H3,(H,18,22)/t12-,14-/m1/s1. The second kappa shape index (κ2) is 7.73. The summed E-state index contributed by atoms with van der Waals surface area (Å²) in [5.74, 6) is 0.710. The van der Waals surface area contributed by atoms with E-state index in [1.165, 1.54) is 17.3 Å². The maximum Gasteiger partial charge on any atom is 0.244 e. The number of amides is 1. The van der Waals surface area contributed by atoms with Crippen LogP contribution in [0.25, 0.3) is 0 Å². The SMILES string of the molecule is COc1ccccc1[C@@H](CNC(=O)[C@@H](C)n1cncn1)N(C)C. The van der Waals surface area contributed by atoms with E-state index in [9.17, 15) is 4.79 Å². The Balaban J connectivity index is 2.07. The van der Waals surface area contributed by atoms with Crippen LogP contribution in [0.1, 0.15) is 24.6 Å². The number of nitrogens with one attached hydrogen (secondary N) is 1. The average molecular weight is 317 g/mol. The first-order valence-electron chi connectivity index (χ1n) is 7.45. The Bertz CT molecular complexity index is 627. The molecule has 0 aliphatic carbocycles. The van der Waals surface area contributed by atoms with E-state index >= 15 is 0 Å². The first-order chi connectivity index (χ1) is 11.0. The van der Waals surface area contributed by atoms with Crippen molar-refractivity contribution >= 4 is 5.91 Å². The zero-order chi connectivity index (χ0) is 16.8. The Labute approximate surface area is 136 Å². The fraction of sp³-hybridized carbons (Fsp3) is 0.438. The lowest BCUT2D eigenvalue weighted by Crippen LogP contribution is -2.38. The summed E-state index contributed by atoms with van der Waals surface area (Å²) in [4.78, 5) is 18.2. The summed E-state index contributed by atoms with van der Waals surface area (Å²) in [5, 5.41) is 6.98. The summed E-state index contributed by atoms with van der Waals surface area (Å²) in [6, 6.07) is 7.44. The van der Waals surface area contributed by atoms with Gasteiger partial charge in [-0.25, -0.2) is 9.67 Å². The number of ether oxygens (including phenoxy) is 1. The minimum absolute atomic E-state index is 0.0121. The van der Waals surface area contributed by atoms with Crippen molar-refractivity contribution in [2.75, 3.05) is 27.7 Å². The first-order valence-corrected chi connectivity index (χ1v) is 7.45. The normalized spacial score (nSPS) is 13.6. The second-order valence-corrected chi connectivity index (χ2v) is 5.52. The van der Waals surface area contributed by atoms with Crippen LogP contribution >= 0.6 is 0 Å². The van der Waals surface area contributed by atoms with E-state index in [1.807, 2.05) is 38.4 Å². The van der Waals surface area contributed by atoms with Crippen LogP contribution in [0, 0.1) is 0 Å². The fourth-order valence-electron chi connectivity index (χ4n) is 2.39. The van der Waals surface area contributed by atoms with E-state index in [1.54, 1.807) is 14.0 Å². The molecule has 0 radical (unpaired) electrons. The van der Waals surface area contributed by atoms with Gasteiger partial charge < -0.3 is 15.0 Å². The summed E-state index contributed by atoms with van der Waals surface area (Å²) >= 11 is 0. The van der Waals surface area contributed by atoms with E-state index in [0.717, 1.165) is 11.3 Å². The molecule has 2 aromatic rings. The Kier molecular flexibility index (Phi) is 5.70. The molecule has 7 heteroatoms. The summed E-state index contributed by atoms with van der Waals surface area (Å²) < 4.78 is 6.96. The zero-order valence-corrected chi connectivity index (χ0v) is 13.9. The highest BCUT2D eigenvalue weighted by Gasteiger charge is 2.21. The molecule has 0 aliphatic rings. The van der Waals surface area contributed by atoms with Crippen molar-refractivity contribution in [3.8, 4) is 5.75 Å². The van der Waals surface area contributed by atoms with Crippen molar-refractivity contribution in [3.63, 3.8) is 0 Å². The molecule has 2 rings (SSSR count). The summed E-state index contributed by atoms with van der Waals surface area (Å²) in [6.45, 7) is 2.27. The van der Waals surface area contributed by atoms with Crippen LogP contribution in [0.15, 0.2) is 36.9 Å². The topological polar surface area (TPSA) is 72.3 Å². The highest BCUT2D eigenvalue weighted by molar-refractivity contribution is 5.79. The molecule has 0 fully saturated rings. The molecule has 2 atom stereocenters. The molecule has 0 unspecified atom stereocenters. The summed E-state index contributed by atoms with van der Waals surface area (Å²) in [7, 11) is 5.60. The molecule has 1 aromatic carbocycles. The van der Waals surface area contributed by atoms with Crippen LogP contribution in [-0.2, 0) is 4.79 Å². The Morgan fingerprint density at radius 1 is 1.39 bits per heavy atom. The maximum absolute atomic E-state index is 12.3. The zero-order valence-electron chi connectivity index (χ0n) is 13.9. The third-order valence-electron chi connectivity index (χ3n) is 3.80. The first kappa shape index (κ1) is 17.0. The Morgan fingerprint density at radius 2 is 2.13 bits per heavy atom. The molecular weight excluding hydrogens is 294 g/mol. The van der Waals surface area contributed by atoms with Crippen LogP contribution in [0.4, 0.5) is 0 Å². The van der Waals surface area contributed by atoms with Crippen molar-refractivity contribution in [2.45, 2.75) is 19.0 Å². The number of hydrogen-bond donors (Lipinski definition) is 1. The van der Waals surface area contributed by atoms with E-state index in [2.05, 4.69) is 20.3 Å². The molecule has 0 saturated heterocycles. The predicted octanol–water partition coefficient (Wildman–Crippen LogP) is 1.27. The lowest BCUT2D eigenvalue weighted by Gasteiger charge is -2.27. The van der Waals surface area contributed by atoms with Crippen LogP contribution in [-0.4, -0.2) is 53.3 Å². The van der Waals surface area contributed by atoms with Gasteiger partial charge in [0.05, 0.1) is 13.2 Å². The molecule has 1 N–H and O–H groups in total. The lowest BCUT2D eigenvalue weighted by molar-refractivity contribution is -0.124. The van der Waals surface area contributed by atoms with Crippen LogP contribution in [0.2, 0.25) is 0 Å². The molecule has 7 nitrogen and oxygen atoms in total. The molecule has 1 aromatic heterocycles. The van der Waals surface area contributed by atoms with Gasteiger partial charge >= 0.3 is 0 Å². The van der Waals surface area contributed by atoms with Crippen LogP contribution < -0.4 is 10.1 Å². The number of rotatable bonds is 7. The minimum atomic E-state index is -0.405. The van der Waals surface area contributed by atoms with Gasteiger partial charge in [-0.2, -0.15) is 5.10 Å². The number of carbonyl (C=O) groups excluding carboxylic acids is 1. The number of likely N-dealkylation sites (N-methyl/N-ethyl adjacent to an activating group) is 1. The highest BCUT2D eigenvalue weighted by Crippen LogP contribution is 2.27. The van der Waals surface area contributed by atoms with Crippen LogP contribution in [0.5, 0.6) is 5.75 Å². The minimum Gasteiger partial charge on any atom is -0.496 e. The Hall–Kier alpha value is -2.41. The number of benzene rings is 1. The molecule has 1 amide bonds. The summed E-state index contributed by atoms with van der Waals surface area (Å²) in [6.07, 6.45) is 2.95. The van der Waals surface area contributed by atoms with Gasteiger partial charge in [-0.1, -0.05) is 18.2 Å². The van der Waals surface area contributed by atoms with Gasteiger partial charge in [0.1, 0.15) is 24.4 Å². The van der Waals surface area contributed by atoms with Gasteiger partial charge in [0, 0.05) is 12.1 Å². The van der Waals surface area contributed by atoms with Gasteiger partial charge in [0.15, 0.2) is 0 Å². The molecule has 124 valence electrons. The highest BCUT2D eigenvalue weighted by atomic mass is 16.5. The Morgan fingerprint density at radius 3 is 2.74 bits per heavy atom. The molecular formula is C16H23N5O2. The number of methoxy groups -OCH3 is 1. The van der Waals surface area contributed by atoms with Crippen molar-refractivity contribution in [2.24, 2.45) is 0 Å². The maximum atomic E-state index is 12.3. The number of nitrogens with zero attached hydrogens (tertiary/aromatic N) is 4. The van der Waals surface area contributed by atoms with Crippen molar-refractivity contribution in [1.82, 2.24) is 25.0 Å². The number of carbonyl (C=O) groups is 1. The molecule has 1 heterocycles. The van der Waals surface area contributed by atoms with Gasteiger partial charge in [0.2, 0.25) is 5.91 Å². The van der Waals surface area contributed by atoms with Crippen molar-refractivity contribution in [3.05, 3.63) is 42.5 Å². The monoisotopic (exact) mass is 317 g/mol. The quantitative estimate of drug-likeness (QED) is 0.832. The predicted molar refractivity (Wildman–Crippen MR) is 87.2 cm³/mol. The van der Waals surface area contributed by atoms with Crippen molar-refractivity contribution < 1.29 is 9.53 Å². The van der Waals surface area contributed by atoms with Gasteiger partial charge in [-0.3, -0.25) is 4.79 Å². The van der Waals surface area contributed by atoms with E-state index < -0.39 is 6.04 Å². The molecule has 0 aliphatic heterocycles. The number of aromatic nitrogens is 3. The fourth-order valence-corrected chi connectivity index (χ4v) is 2.39. The molecule has 23 heavy (non-hydrogen) atoms. The van der Waals surface area contributed by atoms with E-state index in [-0.39, 0.29) is 11.9 Å². The summed E-state index contributed by atoms with van der Waals surface area (Å²) in [5.41, 5.74) is 1.04. The molecule has 0 saturated carbocycles. The van der Waals surface area contributed by atoms with Gasteiger partial charge in [-0.05, 0) is 27.1 Å². The van der Waals surface area contributed by atoms with E-state index in [4.69, 9.17) is 4.74 Å². The molecule has 0 bridgehead atoms. The number of para-hydroxylation sites is 1. The second-order valence-electron chi connectivity index (χ2n) is 5.52.